The topological polar surface area (TPSA) is 40.1 Å². The Balaban J connectivity index is 0. The van der Waals surface area contributed by atoms with Crippen LogP contribution in [0.1, 0.15) is 13.8 Å². The van der Waals surface area contributed by atoms with Crippen molar-refractivity contribution < 1.29 is 9.90 Å². The van der Waals surface area contributed by atoms with Gasteiger partial charge in [0.15, 0.2) is 0 Å². The normalized spacial score (nSPS) is 7.86. The van der Waals surface area contributed by atoms with E-state index in [1.165, 1.54) is 0 Å². The summed E-state index contributed by atoms with van der Waals surface area (Å²) in [5, 5.41) is 9.59. The van der Waals surface area contributed by atoms with Gasteiger partial charge in [-0.1, -0.05) is 13.8 Å². The Hall–Kier alpha value is -0.240. The van der Waals surface area contributed by atoms with E-state index in [4.69, 9.17) is 0 Å². The zero-order valence-electron chi connectivity index (χ0n) is 4.30. The third kappa shape index (κ3) is 5.76. The van der Waals surface area contributed by atoms with Gasteiger partial charge in [-0.25, -0.2) is 0 Å². The van der Waals surface area contributed by atoms with Crippen LogP contribution < -0.4 is 5.11 Å². The molecule has 7 heavy (non-hydrogen) atoms. The van der Waals surface area contributed by atoms with Gasteiger partial charge in [-0.2, -0.15) is 0 Å². The summed E-state index contributed by atoms with van der Waals surface area (Å²) in [6.45, 7) is 3.16. The van der Waals surface area contributed by atoms with Crippen LogP contribution in [0.5, 0.6) is 0 Å². The van der Waals surface area contributed by atoms with Crippen LogP contribution in [-0.4, -0.2) is 5.97 Å². The van der Waals surface area contributed by atoms with Gasteiger partial charge in [0, 0.05) is 5.97 Å². The van der Waals surface area contributed by atoms with Gasteiger partial charge in [0.2, 0.25) is 0 Å². The van der Waals surface area contributed by atoms with Crippen molar-refractivity contribution in [1.29, 1.82) is 0 Å². The summed E-state index contributed by atoms with van der Waals surface area (Å²) >= 11 is 0. The molecule has 0 aromatic rings. The van der Waals surface area contributed by atoms with E-state index in [0.29, 0.717) is 0 Å². The van der Waals surface area contributed by atoms with Gasteiger partial charge in [-0.3, -0.25) is 0 Å². The highest BCUT2D eigenvalue weighted by Gasteiger charge is 1.87. The summed E-state index contributed by atoms with van der Waals surface area (Å²) in [6.07, 6.45) is 0. The number of hydrogen-bond acceptors (Lipinski definition) is 2. The molecule has 0 aromatic heterocycles. The Morgan fingerprint density at radius 3 is 1.71 bits per heavy atom. The third-order valence-electron chi connectivity index (χ3n) is 0.471. The lowest BCUT2D eigenvalue weighted by Crippen LogP contribution is -2.27. The van der Waals surface area contributed by atoms with Crippen molar-refractivity contribution in [3.8, 4) is 0 Å². The van der Waals surface area contributed by atoms with Crippen LogP contribution in [0.25, 0.3) is 0 Å². The van der Waals surface area contributed by atoms with Crippen LogP contribution in [0.3, 0.4) is 0 Å². The summed E-state index contributed by atoms with van der Waals surface area (Å²) in [4.78, 5) is 9.59. The average Bonchev–Trinajstić information content (AvgIpc) is 1.36. The van der Waals surface area contributed by atoms with Crippen LogP contribution in [-0.2, 0) is 4.79 Å². The molecular weight excluding hydrogens is 115 g/mol. The van der Waals surface area contributed by atoms with Crippen molar-refractivity contribution in [3.05, 3.63) is 0 Å². The molecular formula is C4H8ClO2-. The SMILES string of the molecule is CC(C)C(=O)[O-].Cl. The van der Waals surface area contributed by atoms with Crippen LogP contribution in [0.15, 0.2) is 0 Å². The molecule has 3 heteroatoms. The maximum Gasteiger partial charge on any atom is 0.0439 e. The molecule has 0 aliphatic heterocycles. The number of carbonyl (C=O) groups is 1. The Kier molecular flexibility index (Phi) is 5.56. The van der Waals surface area contributed by atoms with E-state index < -0.39 is 5.97 Å². The molecule has 0 saturated heterocycles. The first-order chi connectivity index (χ1) is 2.64. The average molecular weight is 124 g/mol. The molecule has 0 bridgehead atoms. The Bertz CT molecular complexity index is 60.7. The molecule has 44 valence electrons. The predicted octanol–water partition coefficient (Wildman–Crippen LogP) is -0.186. The van der Waals surface area contributed by atoms with E-state index >= 15 is 0 Å². The van der Waals surface area contributed by atoms with Crippen LogP contribution >= 0.6 is 12.4 Å². The highest BCUT2D eigenvalue weighted by molar-refractivity contribution is 5.85. The van der Waals surface area contributed by atoms with E-state index in [-0.39, 0.29) is 18.3 Å². The van der Waals surface area contributed by atoms with Crippen LogP contribution in [0.4, 0.5) is 0 Å². The summed E-state index contributed by atoms with van der Waals surface area (Å²) in [5.74, 6) is -1.33. The fourth-order valence-corrected chi connectivity index (χ4v) is 0. The van der Waals surface area contributed by atoms with Crippen molar-refractivity contribution in [3.63, 3.8) is 0 Å². The third-order valence-corrected chi connectivity index (χ3v) is 0.471. The van der Waals surface area contributed by atoms with Crippen molar-refractivity contribution in [2.24, 2.45) is 5.92 Å². The van der Waals surface area contributed by atoms with Crippen LogP contribution in [0.2, 0.25) is 0 Å². The molecule has 0 atom stereocenters. The number of carboxylic acids is 1. The number of rotatable bonds is 1. The maximum absolute atomic E-state index is 9.59. The summed E-state index contributed by atoms with van der Waals surface area (Å²) < 4.78 is 0. The number of aliphatic carboxylic acids is 1. The monoisotopic (exact) mass is 123 g/mol. The smallest absolute Gasteiger partial charge is 0.0439 e. The molecule has 0 spiro atoms. The van der Waals surface area contributed by atoms with E-state index in [2.05, 4.69) is 0 Å². The number of carboxylic acid groups (broad SMARTS) is 1. The first-order valence-corrected chi connectivity index (χ1v) is 1.85. The molecule has 0 fully saturated rings. The molecule has 0 rings (SSSR count). The van der Waals surface area contributed by atoms with Gasteiger partial charge >= 0.3 is 0 Å². The zero-order valence-corrected chi connectivity index (χ0v) is 5.12. The molecule has 0 aromatic carbocycles. The lowest BCUT2D eigenvalue weighted by molar-refractivity contribution is -0.310. The second kappa shape index (κ2) is 3.93. The summed E-state index contributed by atoms with van der Waals surface area (Å²) in [5.41, 5.74) is 0. The Morgan fingerprint density at radius 2 is 1.71 bits per heavy atom. The van der Waals surface area contributed by atoms with Crippen molar-refractivity contribution in [1.82, 2.24) is 0 Å². The van der Waals surface area contributed by atoms with E-state index in [1.54, 1.807) is 13.8 Å². The largest absolute Gasteiger partial charge is 0.550 e. The standard InChI is InChI=1S/C4H8O2.ClH/c1-3(2)4(5)6;/h3H,1-2H3,(H,5,6);1H/p-1. The molecule has 0 N–H and O–H groups in total. The van der Waals surface area contributed by atoms with Gasteiger partial charge in [0.1, 0.15) is 0 Å². The second-order valence-corrected chi connectivity index (χ2v) is 1.47. The molecule has 0 unspecified atom stereocenters. The van der Waals surface area contributed by atoms with Crippen molar-refractivity contribution >= 4 is 18.4 Å². The minimum Gasteiger partial charge on any atom is -0.550 e. The summed E-state index contributed by atoms with van der Waals surface area (Å²) in [7, 11) is 0. The van der Waals surface area contributed by atoms with Gasteiger partial charge < -0.3 is 9.90 Å². The molecule has 0 aliphatic carbocycles. The first-order valence-electron chi connectivity index (χ1n) is 1.85. The van der Waals surface area contributed by atoms with E-state index in [0.717, 1.165) is 0 Å². The molecule has 0 aliphatic rings. The van der Waals surface area contributed by atoms with Gasteiger partial charge in [-0.15, -0.1) is 12.4 Å². The number of carbonyl (C=O) groups excluding carboxylic acids is 1. The molecule has 0 heterocycles. The quantitative estimate of drug-likeness (QED) is 0.485. The Labute approximate surface area is 48.9 Å². The van der Waals surface area contributed by atoms with Crippen molar-refractivity contribution in [2.45, 2.75) is 13.8 Å². The Morgan fingerprint density at radius 1 is 1.57 bits per heavy atom. The first kappa shape index (κ1) is 9.90. The lowest BCUT2D eigenvalue weighted by Gasteiger charge is -2.01. The van der Waals surface area contributed by atoms with E-state index in [1.807, 2.05) is 0 Å². The van der Waals surface area contributed by atoms with Crippen LogP contribution in [0, 0.1) is 5.92 Å². The highest BCUT2D eigenvalue weighted by atomic mass is 35.5. The fourth-order valence-electron chi connectivity index (χ4n) is 0. The maximum atomic E-state index is 9.59. The van der Waals surface area contributed by atoms with E-state index in [9.17, 15) is 9.90 Å². The molecule has 0 radical (unpaired) electrons. The van der Waals surface area contributed by atoms with Crippen molar-refractivity contribution in [2.75, 3.05) is 0 Å². The molecule has 0 saturated carbocycles. The predicted molar refractivity (Wildman–Crippen MR) is 27.1 cm³/mol. The summed E-state index contributed by atoms with van der Waals surface area (Å²) in [6, 6.07) is 0. The molecule has 2 nitrogen and oxygen atoms in total. The molecule has 0 amide bonds. The van der Waals surface area contributed by atoms with Gasteiger partial charge in [0.05, 0.1) is 0 Å². The second-order valence-electron chi connectivity index (χ2n) is 1.47. The van der Waals surface area contributed by atoms with Gasteiger partial charge in [0.25, 0.3) is 0 Å². The minimum absolute atomic E-state index is 0. The minimum atomic E-state index is -0.991. The van der Waals surface area contributed by atoms with Gasteiger partial charge in [-0.05, 0) is 5.92 Å². The number of hydrogen-bond donors (Lipinski definition) is 0. The lowest BCUT2D eigenvalue weighted by atomic mass is 10.2. The number of halogens is 1. The highest BCUT2D eigenvalue weighted by Crippen LogP contribution is 1.83. The zero-order chi connectivity index (χ0) is 5.15. The fraction of sp³-hybridized carbons (Fsp3) is 0.750.